The van der Waals surface area contributed by atoms with Gasteiger partial charge in [0.1, 0.15) is 0 Å². The van der Waals surface area contributed by atoms with Gasteiger partial charge in [-0.2, -0.15) is 4.98 Å². The second-order valence-corrected chi connectivity index (χ2v) is 4.57. The SMILES string of the molecule is c1ccc(-c2noc(-c3ccc4cc[nH]c4c3)n2)cc1. The van der Waals surface area contributed by atoms with Crippen molar-refractivity contribution >= 4 is 10.9 Å². The van der Waals surface area contributed by atoms with Crippen LogP contribution in [0.3, 0.4) is 0 Å². The maximum Gasteiger partial charge on any atom is 0.258 e. The van der Waals surface area contributed by atoms with Gasteiger partial charge in [-0.05, 0) is 23.6 Å². The van der Waals surface area contributed by atoms with E-state index in [1.54, 1.807) is 0 Å². The number of aromatic amines is 1. The molecule has 0 aliphatic rings. The molecule has 0 radical (unpaired) electrons. The zero-order valence-electron chi connectivity index (χ0n) is 10.6. The first-order valence-electron chi connectivity index (χ1n) is 6.37. The molecular weight excluding hydrogens is 250 g/mol. The quantitative estimate of drug-likeness (QED) is 0.595. The van der Waals surface area contributed by atoms with Gasteiger partial charge in [-0.3, -0.25) is 0 Å². The fourth-order valence-corrected chi connectivity index (χ4v) is 2.23. The van der Waals surface area contributed by atoms with Crippen molar-refractivity contribution in [3.8, 4) is 22.8 Å². The zero-order chi connectivity index (χ0) is 13.4. The molecule has 2 aromatic carbocycles. The summed E-state index contributed by atoms with van der Waals surface area (Å²) < 4.78 is 5.36. The van der Waals surface area contributed by atoms with Crippen molar-refractivity contribution < 1.29 is 4.52 Å². The molecule has 0 bridgehead atoms. The fourth-order valence-electron chi connectivity index (χ4n) is 2.23. The first-order valence-corrected chi connectivity index (χ1v) is 6.37. The number of aromatic nitrogens is 3. The number of nitrogens with zero attached hydrogens (tertiary/aromatic N) is 2. The summed E-state index contributed by atoms with van der Waals surface area (Å²) in [5.74, 6) is 1.13. The number of hydrogen-bond donors (Lipinski definition) is 1. The van der Waals surface area contributed by atoms with Crippen molar-refractivity contribution in [2.24, 2.45) is 0 Å². The van der Waals surface area contributed by atoms with Crippen molar-refractivity contribution in [2.75, 3.05) is 0 Å². The maximum absolute atomic E-state index is 5.36. The average Bonchev–Trinajstić information content (AvgIpc) is 3.16. The van der Waals surface area contributed by atoms with Gasteiger partial charge in [0.25, 0.3) is 5.89 Å². The van der Waals surface area contributed by atoms with Crippen molar-refractivity contribution in [3.05, 3.63) is 60.8 Å². The lowest BCUT2D eigenvalue weighted by Crippen LogP contribution is -1.80. The van der Waals surface area contributed by atoms with Gasteiger partial charge >= 0.3 is 0 Å². The number of fused-ring (bicyclic) bond motifs is 1. The minimum atomic E-state index is 0.528. The Morgan fingerprint density at radius 2 is 1.80 bits per heavy atom. The van der Waals surface area contributed by atoms with Crippen LogP contribution < -0.4 is 0 Å². The summed E-state index contributed by atoms with van der Waals surface area (Å²) in [6.07, 6.45) is 1.91. The van der Waals surface area contributed by atoms with Crippen LogP contribution in [-0.2, 0) is 0 Å². The molecule has 0 fully saturated rings. The summed E-state index contributed by atoms with van der Waals surface area (Å²) in [7, 11) is 0. The second kappa shape index (κ2) is 4.35. The van der Waals surface area contributed by atoms with Crippen molar-refractivity contribution in [1.29, 1.82) is 0 Å². The van der Waals surface area contributed by atoms with E-state index in [4.69, 9.17) is 4.52 Å². The van der Waals surface area contributed by atoms with Crippen molar-refractivity contribution in [1.82, 2.24) is 15.1 Å². The third-order valence-corrected chi connectivity index (χ3v) is 3.26. The Morgan fingerprint density at radius 1 is 0.900 bits per heavy atom. The third-order valence-electron chi connectivity index (χ3n) is 3.26. The monoisotopic (exact) mass is 261 g/mol. The van der Waals surface area contributed by atoms with Gasteiger partial charge in [-0.15, -0.1) is 0 Å². The Kier molecular flexibility index (Phi) is 2.39. The lowest BCUT2D eigenvalue weighted by Gasteiger charge is -1.94. The van der Waals surface area contributed by atoms with Crippen LogP contribution in [0.4, 0.5) is 0 Å². The average molecular weight is 261 g/mol. The zero-order valence-corrected chi connectivity index (χ0v) is 10.6. The molecule has 0 aliphatic heterocycles. The van der Waals surface area contributed by atoms with E-state index >= 15 is 0 Å². The molecule has 4 aromatic rings. The van der Waals surface area contributed by atoms with E-state index in [0.717, 1.165) is 22.0 Å². The Bertz CT molecular complexity index is 861. The molecule has 0 amide bonds. The van der Waals surface area contributed by atoms with Crippen LogP contribution in [0, 0.1) is 0 Å². The largest absolute Gasteiger partial charge is 0.361 e. The standard InChI is InChI=1S/C16H11N3O/c1-2-4-12(5-3-1)15-18-16(20-19-15)13-7-6-11-8-9-17-14(11)10-13/h1-10,17H. The number of H-pyrrole nitrogens is 1. The van der Waals surface area contributed by atoms with Gasteiger partial charge in [0.15, 0.2) is 0 Å². The summed E-state index contributed by atoms with van der Waals surface area (Å²) in [5, 5.41) is 5.20. The Labute approximate surface area is 115 Å². The van der Waals surface area contributed by atoms with Gasteiger partial charge in [0.05, 0.1) is 0 Å². The highest BCUT2D eigenvalue weighted by molar-refractivity contribution is 5.83. The highest BCUT2D eigenvalue weighted by Gasteiger charge is 2.10. The molecule has 0 spiro atoms. The fraction of sp³-hybridized carbons (Fsp3) is 0. The molecule has 0 saturated carbocycles. The van der Waals surface area contributed by atoms with E-state index in [2.05, 4.69) is 15.1 Å². The Balaban J connectivity index is 1.77. The molecule has 0 atom stereocenters. The highest BCUT2D eigenvalue weighted by Crippen LogP contribution is 2.24. The van der Waals surface area contributed by atoms with E-state index in [9.17, 15) is 0 Å². The van der Waals surface area contributed by atoms with Crippen LogP contribution in [0.2, 0.25) is 0 Å². The maximum atomic E-state index is 5.36. The summed E-state index contributed by atoms with van der Waals surface area (Å²) in [6, 6.07) is 17.9. The molecule has 0 saturated heterocycles. The molecule has 96 valence electrons. The highest BCUT2D eigenvalue weighted by atomic mass is 16.5. The topological polar surface area (TPSA) is 54.7 Å². The number of rotatable bonds is 2. The number of benzene rings is 2. The van der Waals surface area contributed by atoms with Gasteiger partial charge in [0, 0.05) is 22.8 Å². The van der Waals surface area contributed by atoms with Gasteiger partial charge in [-0.25, -0.2) is 0 Å². The normalized spacial score (nSPS) is 11.0. The first-order chi connectivity index (χ1) is 9.90. The van der Waals surface area contributed by atoms with E-state index in [1.807, 2.05) is 60.8 Å². The molecule has 0 aliphatic carbocycles. The Morgan fingerprint density at radius 3 is 2.70 bits per heavy atom. The Hall–Kier alpha value is -2.88. The minimum Gasteiger partial charge on any atom is -0.361 e. The molecule has 0 unspecified atom stereocenters. The lowest BCUT2D eigenvalue weighted by atomic mass is 10.1. The second-order valence-electron chi connectivity index (χ2n) is 4.57. The van der Waals surface area contributed by atoms with Crippen LogP contribution in [0.25, 0.3) is 33.7 Å². The molecule has 4 heteroatoms. The number of hydrogen-bond acceptors (Lipinski definition) is 3. The summed E-state index contributed by atoms with van der Waals surface area (Å²) in [5.41, 5.74) is 2.92. The molecular formula is C16H11N3O. The molecule has 1 N–H and O–H groups in total. The van der Waals surface area contributed by atoms with E-state index < -0.39 is 0 Å². The van der Waals surface area contributed by atoms with Gasteiger partial charge < -0.3 is 9.51 Å². The molecule has 2 aromatic heterocycles. The third kappa shape index (κ3) is 1.78. The predicted molar refractivity (Wildman–Crippen MR) is 77.0 cm³/mol. The summed E-state index contributed by atoms with van der Waals surface area (Å²) in [4.78, 5) is 7.63. The van der Waals surface area contributed by atoms with Crippen LogP contribution in [0.5, 0.6) is 0 Å². The van der Waals surface area contributed by atoms with E-state index in [1.165, 1.54) is 0 Å². The molecule has 20 heavy (non-hydrogen) atoms. The molecule has 4 nitrogen and oxygen atoms in total. The summed E-state index contributed by atoms with van der Waals surface area (Å²) >= 11 is 0. The summed E-state index contributed by atoms with van der Waals surface area (Å²) in [6.45, 7) is 0. The van der Waals surface area contributed by atoms with E-state index in [-0.39, 0.29) is 0 Å². The smallest absolute Gasteiger partial charge is 0.258 e. The lowest BCUT2D eigenvalue weighted by molar-refractivity contribution is 0.432. The predicted octanol–water partition coefficient (Wildman–Crippen LogP) is 3.88. The molecule has 4 rings (SSSR count). The first kappa shape index (κ1) is 11.0. The van der Waals surface area contributed by atoms with Gasteiger partial charge in [0.2, 0.25) is 5.82 Å². The minimum absolute atomic E-state index is 0.528. The van der Waals surface area contributed by atoms with Crippen LogP contribution >= 0.6 is 0 Å². The van der Waals surface area contributed by atoms with Crippen molar-refractivity contribution in [3.63, 3.8) is 0 Å². The van der Waals surface area contributed by atoms with E-state index in [0.29, 0.717) is 11.7 Å². The van der Waals surface area contributed by atoms with Crippen LogP contribution in [0.1, 0.15) is 0 Å². The number of nitrogens with one attached hydrogen (secondary N) is 1. The van der Waals surface area contributed by atoms with Crippen LogP contribution in [0.15, 0.2) is 65.3 Å². The van der Waals surface area contributed by atoms with Crippen molar-refractivity contribution in [2.45, 2.75) is 0 Å². The molecule has 2 heterocycles. The van der Waals surface area contributed by atoms with Crippen LogP contribution in [-0.4, -0.2) is 15.1 Å². The van der Waals surface area contributed by atoms with Gasteiger partial charge in [-0.1, -0.05) is 41.6 Å².